The van der Waals surface area contributed by atoms with Gasteiger partial charge in [0.05, 0.1) is 0 Å². The molecule has 4 heteroatoms. The smallest absolute Gasteiger partial charge is 0.331 e. The maximum atomic E-state index is 10.9. The fourth-order valence-corrected chi connectivity index (χ4v) is 0.585. The van der Waals surface area contributed by atoms with Crippen LogP contribution in [0.1, 0.15) is 13.3 Å². The Morgan fingerprint density at radius 3 is 2.31 bits per heavy atom. The molecule has 0 aliphatic carbocycles. The topological polar surface area (TPSA) is 66.4 Å². The van der Waals surface area contributed by atoms with Gasteiger partial charge >= 0.3 is 5.97 Å². The predicted molar refractivity (Wildman–Crippen MR) is 49.2 cm³/mol. The van der Waals surface area contributed by atoms with Crippen LogP contribution in [0.25, 0.3) is 0 Å². The summed E-state index contributed by atoms with van der Waals surface area (Å²) in [4.78, 5) is 21.2. The zero-order valence-electron chi connectivity index (χ0n) is 7.59. The number of nitrogens with one attached hydrogen (secondary N) is 1. The van der Waals surface area contributed by atoms with E-state index >= 15 is 0 Å². The summed E-state index contributed by atoms with van der Waals surface area (Å²) in [6, 6.07) is 0. The van der Waals surface area contributed by atoms with E-state index in [9.17, 15) is 9.59 Å². The summed E-state index contributed by atoms with van der Waals surface area (Å²) in [6.45, 7) is 8.62. The van der Waals surface area contributed by atoms with Gasteiger partial charge in [0.25, 0.3) is 0 Å². The van der Waals surface area contributed by atoms with E-state index in [4.69, 9.17) is 5.11 Å². The molecule has 0 fully saturated rings. The van der Waals surface area contributed by atoms with Crippen LogP contribution in [0.4, 0.5) is 0 Å². The third-order valence-corrected chi connectivity index (χ3v) is 1.40. The van der Waals surface area contributed by atoms with Gasteiger partial charge in [-0.05, 0) is 13.3 Å². The van der Waals surface area contributed by atoms with E-state index in [1.165, 1.54) is 0 Å². The summed E-state index contributed by atoms with van der Waals surface area (Å²) < 4.78 is 0. The molecule has 72 valence electrons. The molecule has 0 aliphatic rings. The van der Waals surface area contributed by atoms with E-state index in [2.05, 4.69) is 18.5 Å². The van der Waals surface area contributed by atoms with Crippen LogP contribution in [0.3, 0.4) is 0 Å². The monoisotopic (exact) mass is 183 g/mol. The molecule has 0 aromatic heterocycles. The third-order valence-electron chi connectivity index (χ3n) is 1.40. The van der Waals surface area contributed by atoms with Gasteiger partial charge in [-0.25, -0.2) is 4.79 Å². The summed E-state index contributed by atoms with van der Waals surface area (Å²) >= 11 is 0. The van der Waals surface area contributed by atoms with Crippen LogP contribution >= 0.6 is 0 Å². The van der Waals surface area contributed by atoms with Crippen LogP contribution in [-0.2, 0) is 9.59 Å². The van der Waals surface area contributed by atoms with E-state index in [0.717, 1.165) is 0 Å². The van der Waals surface area contributed by atoms with Crippen molar-refractivity contribution in [1.29, 1.82) is 0 Å². The standard InChI is InChI=1S/C9H13NO3/c1-6(2)8(11)10-5-4-7(3)9(12)13/h1,3-5H2,2H3,(H,10,11)(H,12,13). The summed E-state index contributed by atoms with van der Waals surface area (Å²) in [5.74, 6) is -1.30. The molecule has 2 N–H and O–H groups in total. The quantitative estimate of drug-likeness (QED) is 0.617. The van der Waals surface area contributed by atoms with Crippen LogP contribution in [0.5, 0.6) is 0 Å². The fraction of sp³-hybridized carbons (Fsp3) is 0.333. The van der Waals surface area contributed by atoms with E-state index in [-0.39, 0.29) is 24.4 Å². The number of rotatable bonds is 5. The van der Waals surface area contributed by atoms with Crippen LogP contribution in [-0.4, -0.2) is 23.5 Å². The van der Waals surface area contributed by atoms with Crippen molar-refractivity contribution in [3.63, 3.8) is 0 Å². The van der Waals surface area contributed by atoms with Crippen molar-refractivity contribution in [2.24, 2.45) is 0 Å². The van der Waals surface area contributed by atoms with Crippen LogP contribution < -0.4 is 5.32 Å². The molecule has 0 atom stereocenters. The van der Waals surface area contributed by atoms with Crippen molar-refractivity contribution in [3.05, 3.63) is 24.3 Å². The number of carbonyl (C=O) groups is 2. The van der Waals surface area contributed by atoms with Gasteiger partial charge < -0.3 is 10.4 Å². The molecule has 0 spiro atoms. The van der Waals surface area contributed by atoms with E-state index in [0.29, 0.717) is 5.57 Å². The van der Waals surface area contributed by atoms with Crippen LogP contribution in [0, 0.1) is 0 Å². The first-order valence-corrected chi connectivity index (χ1v) is 3.80. The highest BCUT2D eigenvalue weighted by Gasteiger charge is 2.04. The molecule has 0 aromatic rings. The maximum Gasteiger partial charge on any atom is 0.331 e. The molecule has 0 radical (unpaired) electrons. The number of carboxylic acid groups (broad SMARTS) is 1. The molecule has 0 unspecified atom stereocenters. The van der Waals surface area contributed by atoms with E-state index in [1.54, 1.807) is 6.92 Å². The van der Waals surface area contributed by atoms with Gasteiger partial charge in [-0.2, -0.15) is 0 Å². The molecule has 1 amide bonds. The highest BCUT2D eigenvalue weighted by atomic mass is 16.4. The highest BCUT2D eigenvalue weighted by molar-refractivity contribution is 5.92. The molecule has 4 nitrogen and oxygen atoms in total. The predicted octanol–water partition coefficient (Wildman–Crippen LogP) is 0.710. The first kappa shape index (κ1) is 11.4. The number of carbonyl (C=O) groups excluding carboxylic acids is 1. The summed E-state index contributed by atoms with van der Waals surface area (Å²) in [5.41, 5.74) is 0.489. The number of hydrogen-bond acceptors (Lipinski definition) is 2. The second-order valence-corrected chi connectivity index (χ2v) is 2.69. The Kier molecular flexibility index (Phi) is 4.51. The van der Waals surface area contributed by atoms with Gasteiger partial charge in [-0.15, -0.1) is 0 Å². The molecule has 0 saturated carbocycles. The normalized spacial score (nSPS) is 9.00. The Hall–Kier alpha value is -1.58. The number of aliphatic carboxylic acids is 1. The molecule has 0 aromatic carbocycles. The molecule has 0 rings (SSSR count). The average molecular weight is 183 g/mol. The molecule has 13 heavy (non-hydrogen) atoms. The van der Waals surface area contributed by atoms with Gasteiger partial charge in [-0.1, -0.05) is 13.2 Å². The Morgan fingerprint density at radius 2 is 1.92 bits per heavy atom. The first-order chi connectivity index (χ1) is 5.95. The maximum absolute atomic E-state index is 10.9. The molecular weight excluding hydrogens is 170 g/mol. The van der Waals surface area contributed by atoms with Gasteiger partial charge in [-0.3, -0.25) is 4.79 Å². The molecule has 0 aliphatic heterocycles. The Labute approximate surface area is 76.9 Å². The minimum absolute atomic E-state index is 0.0852. The number of hydrogen-bond donors (Lipinski definition) is 2. The largest absolute Gasteiger partial charge is 0.478 e. The van der Waals surface area contributed by atoms with Crippen molar-refractivity contribution in [1.82, 2.24) is 5.32 Å². The van der Waals surface area contributed by atoms with E-state index < -0.39 is 5.97 Å². The van der Waals surface area contributed by atoms with Gasteiger partial charge in [0.15, 0.2) is 0 Å². The lowest BCUT2D eigenvalue weighted by Gasteiger charge is -2.03. The van der Waals surface area contributed by atoms with Crippen molar-refractivity contribution >= 4 is 11.9 Å². The van der Waals surface area contributed by atoms with Gasteiger partial charge in [0.2, 0.25) is 5.91 Å². The lowest BCUT2D eigenvalue weighted by molar-refractivity contribution is -0.132. The number of amides is 1. The van der Waals surface area contributed by atoms with E-state index in [1.807, 2.05) is 0 Å². The van der Waals surface area contributed by atoms with Crippen molar-refractivity contribution in [2.75, 3.05) is 6.54 Å². The van der Waals surface area contributed by atoms with Crippen LogP contribution in [0.15, 0.2) is 24.3 Å². The lowest BCUT2D eigenvalue weighted by Crippen LogP contribution is -2.25. The second-order valence-electron chi connectivity index (χ2n) is 2.69. The molecular formula is C9H13NO3. The molecule has 0 bridgehead atoms. The summed E-state index contributed by atoms with van der Waals surface area (Å²) in [5, 5.41) is 10.9. The Bertz CT molecular complexity index is 230. The highest BCUT2D eigenvalue weighted by Crippen LogP contribution is 1.96. The Balaban J connectivity index is 3.69. The van der Waals surface area contributed by atoms with Gasteiger partial charge in [0, 0.05) is 17.7 Å². The summed E-state index contributed by atoms with van der Waals surface area (Å²) in [7, 11) is 0. The average Bonchev–Trinajstić information content (AvgIpc) is 2.03. The second kappa shape index (κ2) is 5.13. The zero-order valence-corrected chi connectivity index (χ0v) is 7.59. The minimum Gasteiger partial charge on any atom is -0.478 e. The molecule has 0 heterocycles. The lowest BCUT2D eigenvalue weighted by atomic mass is 10.2. The summed E-state index contributed by atoms with van der Waals surface area (Å²) in [6.07, 6.45) is 0.244. The minimum atomic E-state index is -1.04. The number of carboxylic acids is 1. The van der Waals surface area contributed by atoms with Crippen molar-refractivity contribution < 1.29 is 14.7 Å². The Morgan fingerprint density at radius 1 is 1.38 bits per heavy atom. The fourth-order valence-electron chi connectivity index (χ4n) is 0.585. The van der Waals surface area contributed by atoms with Crippen molar-refractivity contribution in [2.45, 2.75) is 13.3 Å². The van der Waals surface area contributed by atoms with Gasteiger partial charge in [0.1, 0.15) is 0 Å². The molecule has 0 saturated heterocycles. The zero-order chi connectivity index (χ0) is 10.4. The SMILES string of the molecule is C=C(C)C(=O)NCCC(=C)C(=O)O. The third kappa shape index (κ3) is 4.79. The van der Waals surface area contributed by atoms with Crippen LogP contribution in [0.2, 0.25) is 0 Å². The first-order valence-electron chi connectivity index (χ1n) is 3.80. The van der Waals surface area contributed by atoms with Crippen molar-refractivity contribution in [3.8, 4) is 0 Å².